The minimum absolute atomic E-state index is 0.0236. The molecule has 1 aliphatic carbocycles. The Morgan fingerprint density at radius 3 is 2.35 bits per heavy atom. The maximum atomic E-state index is 14.9. The van der Waals surface area contributed by atoms with Crippen molar-refractivity contribution in [3.63, 3.8) is 0 Å². The van der Waals surface area contributed by atoms with E-state index in [1.165, 1.54) is 30.6 Å². The van der Waals surface area contributed by atoms with E-state index in [4.69, 9.17) is 27.1 Å². The lowest BCUT2D eigenvalue weighted by Crippen LogP contribution is -2.47. The highest BCUT2D eigenvalue weighted by Gasteiger charge is 2.56. The standard InChI is InChI=1S/C35H34ClF7N8O3/c1-33(2,3)16-34(22-7-4-18(5-8-22)21-13-46-49(14-21)31(39)40)30(53)50(32(44)48-34)26(15-54-27(52)12-20-10-23(20)35(41,42)43)19-6-9-24(36)25(11-19)51-29(28(37)38)45-17-47-51/h4-9,11,13-14,17,20,23,26,28,31H,10,12,15-16H2,1-3H3,(H2,44,48)/t20-,23+,26+,34+/m0/s1. The van der Waals surface area contributed by atoms with Crippen LogP contribution in [0, 0.1) is 17.3 Å². The fourth-order valence-corrected chi connectivity index (χ4v) is 6.93. The number of amides is 1. The first-order valence-electron chi connectivity index (χ1n) is 16.6. The lowest BCUT2D eigenvalue weighted by molar-refractivity contribution is -0.155. The molecule has 0 bridgehead atoms. The molecule has 2 aromatic carbocycles. The van der Waals surface area contributed by atoms with Crippen molar-refractivity contribution in [3.05, 3.63) is 83.2 Å². The molecule has 4 aromatic rings. The summed E-state index contributed by atoms with van der Waals surface area (Å²) in [5.74, 6) is -5.20. The summed E-state index contributed by atoms with van der Waals surface area (Å²) in [5, 5.41) is 7.51. The Kier molecular flexibility index (Phi) is 10.3. The molecule has 1 fully saturated rings. The zero-order valence-electron chi connectivity index (χ0n) is 28.9. The Morgan fingerprint density at radius 1 is 1.06 bits per heavy atom. The molecule has 1 amide bonds. The maximum Gasteiger partial charge on any atom is 0.392 e. The van der Waals surface area contributed by atoms with Gasteiger partial charge < -0.3 is 10.5 Å². The van der Waals surface area contributed by atoms with Gasteiger partial charge in [-0.3, -0.25) is 14.5 Å². The second-order valence-electron chi connectivity index (χ2n) is 14.4. The number of aromatic nitrogens is 5. The van der Waals surface area contributed by atoms with Crippen LogP contribution in [-0.4, -0.2) is 60.1 Å². The monoisotopic (exact) mass is 782 g/mol. The van der Waals surface area contributed by atoms with Crippen LogP contribution in [0.5, 0.6) is 0 Å². The molecule has 54 heavy (non-hydrogen) atoms. The van der Waals surface area contributed by atoms with Crippen molar-refractivity contribution in [1.29, 1.82) is 0 Å². The molecular weight excluding hydrogens is 749 g/mol. The van der Waals surface area contributed by atoms with Crippen LogP contribution in [-0.2, 0) is 19.9 Å². The Labute approximate surface area is 308 Å². The molecule has 0 spiro atoms. The zero-order chi connectivity index (χ0) is 39.3. The van der Waals surface area contributed by atoms with E-state index in [1.807, 2.05) is 20.8 Å². The van der Waals surface area contributed by atoms with Gasteiger partial charge >= 0.3 is 18.7 Å². The molecule has 1 aliphatic heterocycles. The minimum atomic E-state index is -4.46. The smallest absolute Gasteiger partial charge is 0.392 e. The molecule has 288 valence electrons. The average Bonchev–Trinajstić information content (AvgIpc) is 3.40. The molecular formula is C35H34ClF7N8O3. The molecule has 6 rings (SSSR count). The van der Waals surface area contributed by atoms with Crippen LogP contribution in [0.3, 0.4) is 0 Å². The topological polar surface area (TPSA) is 134 Å². The van der Waals surface area contributed by atoms with Gasteiger partial charge in [-0.2, -0.15) is 32.1 Å². The number of rotatable bonds is 12. The highest BCUT2D eigenvalue weighted by atomic mass is 35.5. The Bertz CT molecular complexity index is 2060. The molecule has 2 aromatic heterocycles. The molecule has 0 unspecified atom stereocenters. The number of halogens is 8. The van der Waals surface area contributed by atoms with Gasteiger partial charge in [0.1, 0.15) is 12.9 Å². The zero-order valence-corrected chi connectivity index (χ0v) is 29.7. The normalized spacial score (nSPS) is 20.9. The Balaban J connectivity index is 1.38. The summed E-state index contributed by atoms with van der Waals surface area (Å²) in [4.78, 5) is 37.2. The second kappa shape index (κ2) is 14.3. The molecule has 11 nitrogen and oxygen atoms in total. The SMILES string of the molecule is CC(C)(C)C[C@]1(c2ccc(-c3cnn(C(F)F)c3)cc2)N=C(N)N([C@H](COC(=O)C[C@@H]2C[C@H]2C(F)(F)F)c2ccc(Cl)c(-n3ncnc3C(F)F)c2)C1=O. The van der Waals surface area contributed by atoms with Gasteiger partial charge in [0, 0.05) is 18.2 Å². The Hall–Kier alpha value is -5.00. The van der Waals surface area contributed by atoms with Gasteiger partial charge in [0.2, 0.25) is 0 Å². The molecule has 19 heteroatoms. The Morgan fingerprint density at radius 2 is 1.76 bits per heavy atom. The molecule has 2 aliphatic rings. The number of carbonyl (C=O) groups is 2. The first-order valence-corrected chi connectivity index (χ1v) is 17.0. The summed E-state index contributed by atoms with van der Waals surface area (Å²) in [6.07, 6.45) is -4.79. The van der Waals surface area contributed by atoms with Gasteiger partial charge in [0.15, 0.2) is 17.3 Å². The summed E-state index contributed by atoms with van der Waals surface area (Å²) in [6.45, 7) is 2.17. The van der Waals surface area contributed by atoms with Crippen molar-refractivity contribution < 1.29 is 45.1 Å². The summed E-state index contributed by atoms with van der Waals surface area (Å²) in [7, 11) is 0. The van der Waals surface area contributed by atoms with Gasteiger partial charge in [-0.1, -0.05) is 62.7 Å². The van der Waals surface area contributed by atoms with Crippen LogP contribution in [0.2, 0.25) is 5.02 Å². The number of hydrogen-bond acceptors (Lipinski definition) is 8. The van der Waals surface area contributed by atoms with Gasteiger partial charge in [0.05, 0.1) is 28.9 Å². The number of benzene rings is 2. The quantitative estimate of drug-likeness (QED) is 0.115. The van der Waals surface area contributed by atoms with E-state index in [2.05, 4.69) is 15.2 Å². The maximum absolute atomic E-state index is 14.9. The highest BCUT2D eigenvalue weighted by molar-refractivity contribution is 6.32. The van der Waals surface area contributed by atoms with Crippen molar-refractivity contribution in [2.75, 3.05) is 6.61 Å². The first-order chi connectivity index (χ1) is 25.3. The minimum Gasteiger partial charge on any atom is -0.463 e. The summed E-state index contributed by atoms with van der Waals surface area (Å²) >= 11 is 6.42. The van der Waals surface area contributed by atoms with Gasteiger partial charge in [-0.05, 0) is 53.0 Å². The largest absolute Gasteiger partial charge is 0.463 e. The van der Waals surface area contributed by atoms with Crippen LogP contribution >= 0.6 is 11.6 Å². The summed E-state index contributed by atoms with van der Waals surface area (Å²) in [6, 6.07) is 9.30. The first kappa shape index (κ1) is 38.7. The number of nitrogens with zero attached hydrogens (tertiary/aromatic N) is 7. The van der Waals surface area contributed by atoms with Crippen LogP contribution in [0.1, 0.15) is 76.0 Å². The average molecular weight is 783 g/mol. The third-order valence-electron chi connectivity index (χ3n) is 9.25. The van der Waals surface area contributed by atoms with Crippen molar-refractivity contribution in [1.82, 2.24) is 29.4 Å². The molecule has 2 N–H and O–H groups in total. The number of guanidine groups is 1. The van der Waals surface area contributed by atoms with Crippen LogP contribution in [0.4, 0.5) is 30.7 Å². The third kappa shape index (κ3) is 7.79. The molecule has 1 saturated carbocycles. The number of ether oxygens (including phenoxy) is 1. The third-order valence-corrected chi connectivity index (χ3v) is 9.57. The van der Waals surface area contributed by atoms with Crippen molar-refractivity contribution in [2.24, 2.45) is 28.0 Å². The molecule has 0 radical (unpaired) electrons. The number of nitrogens with two attached hydrogens (primary N) is 1. The number of hydrogen-bond donors (Lipinski definition) is 1. The van der Waals surface area contributed by atoms with Crippen LogP contribution in [0.15, 0.2) is 66.2 Å². The lowest BCUT2D eigenvalue weighted by Gasteiger charge is -2.35. The van der Waals surface area contributed by atoms with Gasteiger partial charge in [-0.15, -0.1) is 0 Å². The van der Waals surface area contributed by atoms with Crippen molar-refractivity contribution >= 4 is 29.4 Å². The number of aliphatic imine (C=N–C) groups is 1. The number of carbonyl (C=O) groups excluding carboxylic acids is 2. The fraction of sp³-hybridized carbons (Fsp3) is 0.429. The van der Waals surface area contributed by atoms with E-state index >= 15 is 0 Å². The van der Waals surface area contributed by atoms with Crippen LogP contribution in [0.25, 0.3) is 16.8 Å². The lowest BCUT2D eigenvalue weighted by atomic mass is 9.75. The van der Waals surface area contributed by atoms with Gasteiger partial charge in [-0.25, -0.2) is 28.1 Å². The fourth-order valence-electron chi connectivity index (χ4n) is 6.73. The van der Waals surface area contributed by atoms with E-state index in [9.17, 15) is 40.3 Å². The predicted octanol–water partition coefficient (Wildman–Crippen LogP) is 7.78. The highest BCUT2D eigenvalue weighted by Crippen LogP contribution is 2.52. The van der Waals surface area contributed by atoms with Crippen molar-refractivity contribution in [2.45, 2.75) is 70.8 Å². The molecule has 0 saturated heterocycles. The van der Waals surface area contributed by atoms with E-state index in [-0.39, 0.29) is 35.1 Å². The summed E-state index contributed by atoms with van der Waals surface area (Å²) < 4.78 is 100. The summed E-state index contributed by atoms with van der Waals surface area (Å²) in [5.41, 5.74) is 5.75. The number of esters is 1. The second-order valence-corrected chi connectivity index (χ2v) is 14.8. The molecule has 3 heterocycles. The predicted molar refractivity (Wildman–Crippen MR) is 180 cm³/mol. The van der Waals surface area contributed by atoms with Crippen LogP contribution < -0.4 is 5.73 Å². The van der Waals surface area contributed by atoms with E-state index in [1.54, 1.807) is 24.3 Å². The van der Waals surface area contributed by atoms with E-state index < -0.39 is 78.7 Å². The van der Waals surface area contributed by atoms with E-state index in [0.717, 1.165) is 15.9 Å². The molecule has 4 atom stereocenters. The van der Waals surface area contributed by atoms with Crippen molar-refractivity contribution in [3.8, 4) is 16.8 Å². The van der Waals surface area contributed by atoms with Gasteiger partial charge in [0.25, 0.3) is 12.3 Å². The van der Waals surface area contributed by atoms with E-state index in [0.29, 0.717) is 21.4 Å². The number of alkyl halides is 7.